The van der Waals surface area contributed by atoms with Crippen molar-refractivity contribution in [2.75, 3.05) is 23.4 Å². The third-order valence-electron chi connectivity index (χ3n) is 2.69. The summed E-state index contributed by atoms with van der Waals surface area (Å²) in [5.41, 5.74) is 2.15. The summed E-state index contributed by atoms with van der Waals surface area (Å²) in [5.74, 6) is 1.66. The minimum Gasteiger partial charge on any atom is -0.370 e. The van der Waals surface area contributed by atoms with Gasteiger partial charge in [0.05, 0.1) is 0 Å². The van der Waals surface area contributed by atoms with Gasteiger partial charge in [0.2, 0.25) is 0 Å². The highest BCUT2D eigenvalue weighted by molar-refractivity contribution is 7.98. The van der Waals surface area contributed by atoms with Gasteiger partial charge in [-0.05, 0) is 31.7 Å². The Hall–Kier alpha value is -1.82. The first-order valence-corrected chi connectivity index (χ1v) is 7.76. The molecule has 0 aliphatic rings. The highest BCUT2D eigenvalue weighted by Crippen LogP contribution is 2.17. The van der Waals surface area contributed by atoms with E-state index in [1.165, 1.54) is 11.8 Å². The number of thioether (sulfide) groups is 1. The van der Waals surface area contributed by atoms with Crippen molar-refractivity contribution in [1.29, 1.82) is 0 Å². The van der Waals surface area contributed by atoms with Crippen molar-refractivity contribution in [3.05, 3.63) is 35.7 Å². The Morgan fingerprint density at radius 2 is 1.90 bits per heavy atom. The molecule has 0 aliphatic carbocycles. The lowest BCUT2D eigenvalue weighted by atomic mass is 10.2. The SMILES string of the molecule is CCNc1cc(NCc2ccc(C)nc2)nc(SC)n1. The molecule has 0 aliphatic heterocycles. The highest BCUT2D eigenvalue weighted by Gasteiger charge is 2.03. The lowest BCUT2D eigenvalue weighted by Crippen LogP contribution is -2.06. The third-order valence-corrected chi connectivity index (χ3v) is 3.24. The van der Waals surface area contributed by atoms with Crippen LogP contribution in [0.2, 0.25) is 0 Å². The first-order valence-electron chi connectivity index (χ1n) is 6.53. The molecule has 5 nitrogen and oxygen atoms in total. The van der Waals surface area contributed by atoms with Crippen LogP contribution in [0.4, 0.5) is 11.6 Å². The second kappa shape index (κ2) is 7.09. The van der Waals surface area contributed by atoms with Gasteiger partial charge in [0, 0.05) is 31.0 Å². The zero-order valence-electron chi connectivity index (χ0n) is 12.0. The van der Waals surface area contributed by atoms with Gasteiger partial charge in [-0.2, -0.15) is 0 Å². The molecule has 0 bridgehead atoms. The molecule has 6 heteroatoms. The summed E-state index contributed by atoms with van der Waals surface area (Å²) in [6.45, 7) is 5.57. The second-order valence-electron chi connectivity index (χ2n) is 4.32. The Morgan fingerprint density at radius 3 is 2.50 bits per heavy atom. The fourth-order valence-corrected chi connectivity index (χ4v) is 2.05. The van der Waals surface area contributed by atoms with Crippen LogP contribution < -0.4 is 10.6 Å². The molecule has 0 spiro atoms. The maximum Gasteiger partial charge on any atom is 0.191 e. The lowest BCUT2D eigenvalue weighted by molar-refractivity contribution is 0.948. The van der Waals surface area contributed by atoms with Gasteiger partial charge in [0.25, 0.3) is 0 Å². The van der Waals surface area contributed by atoms with E-state index in [0.29, 0.717) is 6.54 Å². The Labute approximate surface area is 123 Å². The van der Waals surface area contributed by atoms with Gasteiger partial charge < -0.3 is 10.6 Å². The van der Waals surface area contributed by atoms with Crippen LogP contribution in [0.25, 0.3) is 0 Å². The zero-order valence-corrected chi connectivity index (χ0v) is 12.8. The molecule has 2 aromatic heterocycles. The van der Waals surface area contributed by atoms with Crippen LogP contribution in [0.1, 0.15) is 18.2 Å². The minimum atomic E-state index is 0.698. The highest BCUT2D eigenvalue weighted by atomic mass is 32.2. The fourth-order valence-electron chi connectivity index (χ4n) is 1.67. The van der Waals surface area contributed by atoms with Crippen LogP contribution in [0.15, 0.2) is 29.6 Å². The molecular formula is C14H19N5S. The summed E-state index contributed by atoms with van der Waals surface area (Å²) in [4.78, 5) is 13.1. The van der Waals surface area contributed by atoms with Gasteiger partial charge in [0.15, 0.2) is 5.16 Å². The van der Waals surface area contributed by atoms with E-state index < -0.39 is 0 Å². The number of nitrogens with one attached hydrogen (secondary N) is 2. The molecule has 0 saturated carbocycles. The molecular weight excluding hydrogens is 270 g/mol. The first-order chi connectivity index (χ1) is 9.71. The summed E-state index contributed by atoms with van der Waals surface area (Å²) in [7, 11) is 0. The predicted octanol–water partition coefficient (Wildman–Crippen LogP) is 2.95. The van der Waals surface area contributed by atoms with Crippen LogP contribution >= 0.6 is 11.8 Å². The topological polar surface area (TPSA) is 62.7 Å². The second-order valence-corrected chi connectivity index (χ2v) is 5.09. The number of anilines is 2. The molecule has 2 heterocycles. The van der Waals surface area contributed by atoms with E-state index in [1.54, 1.807) is 0 Å². The summed E-state index contributed by atoms with van der Waals surface area (Å²) < 4.78 is 0. The first kappa shape index (κ1) is 14.6. The van der Waals surface area contributed by atoms with Crippen molar-refractivity contribution < 1.29 is 0 Å². The molecule has 0 aromatic carbocycles. The standard InChI is InChI=1S/C14H19N5S/c1-4-15-12-7-13(19-14(18-12)20-3)17-9-11-6-5-10(2)16-8-11/h5-8H,4,9H2,1-3H3,(H2,15,17,18,19). The summed E-state index contributed by atoms with van der Waals surface area (Å²) in [6, 6.07) is 6.00. The molecule has 106 valence electrons. The van der Waals surface area contributed by atoms with E-state index in [2.05, 4.69) is 31.7 Å². The van der Waals surface area contributed by atoms with Gasteiger partial charge in [-0.25, -0.2) is 9.97 Å². The monoisotopic (exact) mass is 289 g/mol. The fraction of sp³-hybridized carbons (Fsp3) is 0.357. The minimum absolute atomic E-state index is 0.698. The average Bonchev–Trinajstić information content (AvgIpc) is 2.47. The van der Waals surface area contributed by atoms with E-state index in [0.717, 1.165) is 34.6 Å². The third kappa shape index (κ3) is 4.09. The Morgan fingerprint density at radius 1 is 1.15 bits per heavy atom. The number of aromatic nitrogens is 3. The van der Waals surface area contributed by atoms with Crippen molar-refractivity contribution in [2.45, 2.75) is 25.5 Å². The molecule has 0 saturated heterocycles. The average molecular weight is 289 g/mol. The quantitative estimate of drug-likeness (QED) is 0.630. The van der Waals surface area contributed by atoms with Gasteiger partial charge >= 0.3 is 0 Å². The van der Waals surface area contributed by atoms with E-state index in [9.17, 15) is 0 Å². The van der Waals surface area contributed by atoms with Crippen LogP contribution in [-0.4, -0.2) is 27.8 Å². The molecule has 2 rings (SSSR count). The predicted molar refractivity (Wildman–Crippen MR) is 84.3 cm³/mol. The number of aryl methyl sites for hydroxylation is 1. The molecule has 0 unspecified atom stereocenters. The van der Waals surface area contributed by atoms with E-state index >= 15 is 0 Å². The molecule has 0 atom stereocenters. The normalized spacial score (nSPS) is 10.3. The van der Waals surface area contributed by atoms with Crippen LogP contribution in [0.3, 0.4) is 0 Å². The summed E-state index contributed by atoms with van der Waals surface area (Å²) >= 11 is 1.53. The van der Waals surface area contributed by atoms with Gasteiger partial charge in [0.1, 0.15) is 11.6 Å². The van der Waals surface area contributed by atoms with Gasteiger partial charge in [-0.1, -0.05) is 17.8 Å². The zero-order chi connectivity index (χ0) is 14.4. The van der Waals surface area contributed by atoms with Crippen molar-refractivity contribution in [3.63, 3.8) is 0 Å². The molecule has 0 amide bonds. The summed E-state index contributed by atoms with van der Waals surface area (Å²) in [6.07, 6.45) is 3.85. The van der Waals surface area contributed by atoms with E-state index in [1.807, 2.05) is 38.4 Å². The number of nitrogens with zero attached hydrogens (tertiary/aromatic N) is 3. The number of hydrogen-bond acceptors (Lipinski definition) is 6. The van der Waals surface area contributed by atoms with Crippen LogP contribution in [0, 0.1) is 6.92 Å². The van der Waals surface area contributed by atoms with Crippen molar-refractivity contribution >= 4 is 23.4 Å². The van der Waals surface area contributed by atoms with Crippen molar-refractivity contribution in [3.8, 4) is 0 Å². The maximum atomic E-state index is 4.45. The largest absolute Gasteiger partial charge is 0.370 e. The van der Waals surface area contributed by atoms with Crippen LogP contribution in [0.5, 0.6) is 0 Å². The number of rotatable bonds is 6. The molecule has 0 radical (unpaired) electrons. The van der Waals surface area contributed by atoms with Crippen LogP contribution in [-0.2, 0) is 6.54 Å². The molecule has 2 N–H and O–H groups in total. The summed E-state index contributed by atoms with van der Waals surface area (Å²) in [5, 5.41) is 7.28. The van der Waals surface area contributed by atoms with Crippen molar-refractivity contribution in [1.82, 2.24) is 15.0 Å². The van der Waals surface area contributed by atoms with E-state index in [-0.39, 0.29) is 0 Å². The number of hydrogen-bond donors (Lipinski definition) is 2. The van der Waals surface area contributed by atoms with E-state index in [4.69, 9.17) is 0 Å². The molecule has 2 aromatic rings. The van der Waals surface area contributed by atoms with Gasteiger partial charge in [-0.15, -0.1) is 0 Å². The maximum absolute atomic E-state index is 4.45. The Kier molecular flexibility index (Phi) is 5.17. The Bertz CT molecular complexity index is 556. The molecule has 20 heavy (non-hydrogen) atoms. The molecule has 0 fully saturated rings. The Balaban J connectivity index is 2.07. The lowest BCUT2D eigenvalue weighted by Gasteiger charge is -2.09. The smallest absolute Gasteiger partial charge is 0.191 e. The number of pyridine rings is 1. The van der Waals surface area contributed by atoms with Crippen molar-refractivity contribution in [2.24, 2.45) is 0 Å². The van der Waals surface area contributed by atoms with Gasteiger partial charge in [-0.3, -0.25) is 4.98 Å².